The van der Waals surface area contributed by atoms with E-state index in [-0.39, 0.29) is 17.9 Å². The lowest BCUT2D eigenvalue weighted by atomic mass is 10.1. The van der Waals surface area contributed by atoms with Gasteiger partial charge in [0.15, 0.2) is 0 Å². The van der Waals surface area contributed by atoms with Crippen LogP contribution in [0.5, 0.6) is 5.75 Å². The van der Waals surface area contributed by atoms with Crippen LogP contribution in [0.4, 0.5) is 13.2 Å². The minimum atomic E-state index is -4.48. The van der Waals surface area contributed by atoms with Crippen molar-refractivity contribution < 1.29 is 23.0 Å². The predicted octanol–water partition coefficient (Wildman–Crippen LogP) is 3.06. The first-order valence-electron chi connectivity index (χ1n) is 7.17. The summed E-state index contributed by atoms with van der Waals surface area (Å²) >= 11 is 0. The van der Waals surface area contributed by atoms with Gasteiger partial charge in [0, 0.05) is 6.54 Å². The summed E-state index contributed by atoms with van der Waals surface area (Å²) < 4.78 is 44.2. The smallest absolute Gasteiger partial charge is 0.419 e. The Morgan fingerprint density at radius 1 is 1.14 bits per heavy atom. The van der Waals surface area contributed by atoms with E-state index in [4.69, 9.17) is 9.84 Å². The van der Waals surface area contributed by atoms with Crippen molar-refractivity contribution in [2.45, 2.75) is 32.0 Å². The Hall–Kier alpha value is -1.27. The van der Waals surface area contributed by atoms with Crippen LogP contribution in [0.15, 0.2) is 18.2 Å². The van der Waals surface area contributed by atoms with Crippen molar-refractivity contribution in [3.63, 3.8) is 0 Å². The van der Waals surface area contributed by atoms with Crippen molar-refractivity contribution in [3.05, 3.63) is 29.3 Å². The van der Waals surface area contributed by atoms with E-state index in [2.05, 4.69) is 4.90 Å². The molecule has 0 aromatic heterocycles. The molecule has 0 atom stereocenters. The number of benzene rings is 1. The zero-order valence-corrected chi connectivity index (χ0v) is 11.8. The lowest BCUT2D eigenvalue weighted by Gasteiger charge is -2.26. The summed E-state index contributed by atoms with van der Waals surface area (Å²) in [6, 6.07) is 3.67. The maximum atomic E-state index is 13.0. The number of piperidine rings is 1. The second kappa shape index (κ2) is 7.13. The van der Waals surface area contributed by atoms with E-state index in [1.807, 2.05) is 0 Å². The van der Waals surface area contributed by atoms with E-state index in [9.17, 15) is 13.2 Å². The Morgan fingerprint density at radius 3 is 2.48 bits per heavy atom. The van der Waals surface area contributed by atoms with Gasteiger partial charge in [-0.25, -0.2) is 0 Å². The molecule has 0 radical (unpaired) electrons. The third kappa shape index (κ3) is 4.61. The molecule has 1 aromatic carbocycles. The molecule has 2 rings (SSSR count). The van der Waals surface area contributed by atoms with Crippen LogP contribution >= 0.6 is 0 Å². The molecule has 0 aliphatic carbocycles. The molecule has 1 aromatic rings. The molecule has 0 unspecified atom stereocenters. The number of aliphatic hydroxyl groups is 1. The number of likely N-dealkylation sites (tertiary alicyclic amines) is 1. The van der Waals surface area contributed by atoms with Gasteiger partial charge in [-0.15, -0.1) is 0 Å². The van der Waals surface area contributed by atoms with E-state index < -0.39 is 18.3 Å². The molecule has 1 heterocycles. The average Bonchev–Trinajstić information content (AvgIpc) is 2.47. The third-order valence-corrected chi connectivity index (χ3v) is 3.65. The van der Waals surface area contributed by atoms with E-state index in [0.717, 1.165) is 32.0 Å². The number of rotatable bonds is 5. The third-order valence-electron chi connectivity index (χ3n) is 3.65. The molecule has 0 bridgehead atoms. The van der Waals surface area contributed by atoms with Gasteiger partial charge in [0.25, 0.3) is 0 Å². The van der Waals surface area contributed by atoms with Crippen LogP contribution in [0, 0.1) is 0 Å². The molecule has 1 aliphatic rings. The zero-order chi connectivity index (χ0) is 15.3. The summed E-state index contributed by atoms with van der Waals surface area (Å²) in [4.78, 5) is 2.21. The first-order chi connectivity index (χ1) is 10.0. The lowest BCUT2D eigenvalue weighted by Crippen LogP contribution is -2.33. The Balaban J connectivity index is 1.98. The van der Waals surface area contributed by atoms with Crippen LogP contribution in [-0.2, 0) is 12.8 Å². The summed E-state index contributed by atoms with van der Waals surface area (Å²) in [7, 11) is 0. The summed E-state index contributed by atoms with van der Waals surface area (Å²) in [5.41, 5.74) is -0.599. The molecular weight excluding hydrogens is 283 g/mol. The number of ether oxygens (including phenoxy) is 1. The standard InChI is InChI=1S/C15H20F3NO2/c16-15(17,18)13-10-12(11-20)4-5-14(13)21-9-8-19-6-2-1-3-7-19/h4-5,10,20H,1-3,6-9,11H2. The molecule has 21 heavy (non-hydrogen) atoms. The second-order valence-electron chi connectivity index (χ2n) is 5.24. The maximum absolute atomic E-state index is 13.0. The van der Waals surface area contributed by atoms with Gasteiger partial charge in [-0.05, 0) is 43.6 Å². The minimum Gasteiger partial charge on any atom is -0.492 e. The highest BCUT2D eigenvalue weighted by molar-refractivity contribution is 5.39. The fourth-order valence-electron chi connectivity index (χ4n) is 2.49. The van der Waals surface area contributed by atoms with Gasteiger partial charge in [-0.3, -0.25) is 4.90 Å². The highest BCUT2D eigenvalue weighted by atomic mass is 19.4. The van der Waals surface area contributed by atoms with Crippen LogP contribution in [0.25, 0.3) is 0 Å². The van der Waals surface area contributed by atoms with Gasteiger partial charge >= 0.3 is 6.18 Å². The Labute approximate surface area is 122 Å². The van der Waals surface area contributed by atoms with Gasteiger partial charge in [-0.1, -0.05) is 12.5 Å². The number of alkyl halides is 3. The summed E-state index contributed by atoms with van der Waals surface area (Å²) in [5.74, 6) is -0.170. The van der Waals surface area contributed by atoms with Crippen LogP contribution in [0.2, 0.25) is 0 Å². The number of hydrogen-bond donors (Lipinski definition) is 1. The van der Waals surface area contributed by atoms with Crippen molar-refractivity contribution in [2.24, 2.45) is 0 Å². The average molecular weight is 303 g/mol. The van der Waals surface area contributed by atoms with Crippen molar-refractivity contribution in [1.82, 2.24) is 4.90 Å². The van der Waals surface area contributed by atoms with Gasteiger partial charge in [0.05, 0.1) is 12.2 Å². The molecule has 118 valence electrons. The van der Waals surface area contributed by atoms with Crippen LogP contribution in [0.1, 0.15) is 30.4 Å². The molecule has 6 heteroatoms. The van der Waals surface area contributed by atoms with Crippen LogP contribution < -0.4 is 4.74 Å². The fourth-order valence-corrected chi connectivity index (χ4v) is 2.49. The zero-order valence-electron chi connectivity index (χ0n) is 11.8. The molecule has 1 saturated heterocycles. The van der Waals surface area contributed by atoms with Crippen molar-refractivity contribution in [3.8, 4) is 5.75 Å². The minimum absolute atomic E-state index is 0.170. The SMILES string of the molecule is OCc1ccc(OCCN2CCCCC2)c(C(F)(F)F)c1. The molecule has 1 N–H and O–H groups in total. The summed E-state index contributed by atoms with van der Waals surface area (Å²) in [5, 5.41) is 8.95. The van der Waals surface area contributed by atoms with Crippen molar-refractivity contribution in [1.29, 1.82) is 0 Å². The number of nitrogens with zero attached hydrogens (tertiary/aromatic N) is 1. The number of aliphatic hydroxyl groups excluding tert-OH is 1. The second-order valence-corrected chi connectivity index (χ2v) is 5.24. The van der Waals surface area contributed by atoms with Gasteiger partial charge in [-0.2, -0.15) is 13.2 Å². The van der Waals surface area contributed by atoms with Gasteiger partial charge < -0.3 is 9.84 Å². The van der Waals surface area contributed by atoms with Crippen molar-refractivity contribution in [2.75, 3.05) is 26.2 Å². The van der Waals surface area contributed by atoms with E-state index in [1.54, 1.807) is 0 Å². The first kappa shape index (κ1) is 16.1. The molecule has 3 nitrogen and oxygen atoms in total. The Kier molecular flexibility index (Phi) is 5.47. The number of halogens is 3. The van der Waals surface area contributed by atoms with Crippen LogP contribution in [-0.4, -0.2) is 36.2 Å². The molecule has 0 saturated carbocycles. The van der Waals surface area contributed by atoms with E-state index in [0.29, 0.717) is 6.54 Å². The normalized spacial score (nSPS) is 17.0. The maximum Gasteiger partial charge on any atom is 0.419 e. The molecule has 1 aliphatic heterocycles. The molecule has 1 fully saturated rings. The van der Waals surface area contributed by atoms with Gasteiger partial charge in [0.2, 0.25) is 0 Å². The highest BCUT2D eigenvalue weighted by Crippen LogP contribution is 2.36. The highest BCUT2D eigenvalue weighted by Gasteiger charge is 2.34. The summed E-state index contributed by atoms with van der Waals surface area (Å²) in [6.07, 6.45) is -0.984. The Morgan fingerprint density at radius 2 is 1.86 bits per heavy atom. The number of hydrogen-bond acceptors (Lipinski definition) is 3. The monoisotopic (exact) mass is 303 g/mol. The first-order valence-corrected chi connectivity index (χ1v) is 7.17. The Bertz CT molecular complexity index is 457. The van der Waals surface area contributed by atoms with Gasteiger partial charge in [0.1, 0.15) is 12.4 Å². The predicted molar refractivity (Wildman–Crippen MR) is 73.2 cm³/mol. The fraction of sp³-hybridized carbons (Fsp3) is 0.600. The lowest BCUT2D eigenvalue weighted by molar-refractivity contribution is -0.139. The molecule has 0 spiro atoms. The topological polar surface area (TPSA) is 32.7 Å². The van der Waals surface area contributed by atoms with Crippen LogP contribution in [0.3, 0.4) is 0 Å². The molecule has 0 amide bonds. The van der Waals surface area contributed by atoms with Crippen molar-refractivity contribution >= 4 is 0 Å². The van der Waals surface area contributed by atoms with E-state index >= 15 is 0 Å². The largest absolute Gasteiger partial charge is 0.492 e. The quantitative estimate of drug-likeness (QED) is 0.907. The molecular formula is C15H20F3NO2. The summed E-state index contributed by atoms with van der Waals surface area (Å²) in [6.45, 7) is 2.43. The van der Waals surface area contributed by atoms with E-state index in [1.165, 1.54) is 18.6 Å².